The Kier molecular flexibility index (Phi) is 4.79. The normalized spacial score (nSPS) is 22.1. The topological polar surface area (TPSA) is 78.4 Å². The maximum Gasteiger partial charge on any atom is 0.315 e. The van der Waals surface area contributed by atoms with Gasteiger partial charge in [0.1, 0.15) is 0 Å². The second-order valence-corrected chi connectivity index (χ2v) is 5.81. The summed E-state index contributed by atoms with van der Waals surface area (Å²) in [6.07, 6.45) is 2.76. The molecule has 1 aromatic heterocycles. The van der Waals surface area contributed by atoms with Gasteiger partial charge in [-0.25, -0.2) is 4.79 Å². The summed E-state index contributed by atoms with van der Waals surface area (Å²) in [6.45, 7) is 0.599. The first kappa shape index (κ1) is 13.9. The molecular formula is C13H18N2O3S. The van der Waals surface area contributed by atoms with Crippen LogP contribution in [0.3, 0.4) is 0 Å². The number of carbonyl (C=O) groups is 2. The largest absolute Gasteiger partial charge is 0.481 e. The van der Waals surface area contributed by atoms with Gasteiger partial charge in [0.25, 0.3) is 0 Å². The highest BCUT2D eigenvalue weighted by Crippen LogP contribution is 2.25. The predicted molar refractivity (Wildman–Crippen MR) is 73.3 cm³/mol. The van der Waals surface area contributed by atoms with E-state index in [0.717, 1.165) is 12.8 Å². The maximum atomic E-state index is 11.6. The summed E-state index contributed by atoms with van der Waals surface area (Å²) in [6, 6.07) is 3.82. The summed E-state index contributed by atoms with van der Waals surface area (Å²) < 4.78 is 0. The molecule has 1 aliphatic rings. The maximum absolute atomic E-state index is 11.6. The number of rotatable bonds is 5. The third kappa shape index (κ3) is 4.24. The number of carbonyl (C=O) groups excluding carboxylic acids is 1. The molecule has 1 aromatic rings. The number of amides is 2. The highest BCUT2D eigenvalue weighted by Gasteiger charge is 2.30. The Morgan fingerprint density at radius 2 is 2.26 bits per heavy atom. The van der Waals surface area contributed by atoms with E-state index in [1.54, 1.807) is 11.3 Å². The van der Waals surface area contributed by atoms with Crippen molar-refractivity contribution in [1.29, 1.82) is 0 Å². The molecule has 1 fully saturated rings. The lowest BCUT2D eigenvalue weighted by atomic mass is 10.1. The highest BCUT2D eigenvalue weighted by atomic mass is 32.1. The molecule has 0 spiro atoms. The summed E-state index contributed by atoms with van der Waals surface area (Å²) in [5.41, 5.74) is 0. The van der Waals surface area contributed by atoms with Crippen molar-refractivity contribution < 1.29 is 14.7 Å². The van der Waals surface area contributed by atoms with Gasteiger partial charge in [-0.1, -0.05) is 6.07 Å². The second kappa shape index (κ2) is 6.56. The number of thiophene rings is 1. The van der Waals surface area contributed by atoms with Crippen molar-refractivity contribution in [3.05, 3.63) is 22.4 Å². The third-order valence-electron chi connectivity index (χ3n) is 3.35. The number of urea groups is 1. The van der Waals surface area contributed by atoms with Crippen LogP contribution >= 0.6 is 11.3 Å². The first-order chi connectivity index (χ1) is 9.15. The monoisotopic (exact) mass is 282 g/mol. The average Bonchev–Trinajstić information content (AvgIpc) is 3.00. The van der Waals surface area contributed by atoms with Crippen LogP contribution in [0.15, 0.2) is 17.5 Å². The van der Waals surface area contributed by atoms with Crippen LogP contribution in [0.5, 0.6) is 0 Å². The van der Waals surface area contributed by atoms with E-state index in [-0.39, 0.29) is 18.0 Å². The Balaban J connectivity index is 1.63. The zero-order valence-electron chi connectivity index (χ0n) is 10.6. The molecule has 0 aromatic carbocycles. The van der Waals surface area contributed by atoms with Crippen LogP contribution in [-0.2, 0) is 11.2 Å². The smallest absolute Gasteiger partial charge is 0.315 e. The molecule has 1 aliphatic carbocycles. The number of nitrogens with one attached hydrogen (secondary N) is 2. The van der Waals surface area contributed by atoms with Gasteiger partial charge in [-0.3, -0.25) is 4.79 Å². The lowest BCUT2D eigenvalue weighted by Gasteiger charge is -2.13. The molecule has 6 heteroatoms. The number of hydrogen-bond donors (Lipinski definition) is 3. The summed E-state index contributed by atoms with van der Waals surface area (Å²) in [5, 5.41) is 16.5. The number of carboxylic acid groups (broad SMARTS) is 1. The van der Waals surface area contributed by atoms with Gasteiger partial charge in [0.15, 0.2) is 0 Å². The lowest BCUT2D eigenvalue weighted by Crippen LogP contribution is -2.41. The molecule has 104 valence electrons. The van der Waals surface area contributed by atoms with Gasteiger partial charge in [0.2, 0.25) is 0 Å². The molecular weight excluding hydrogens is 264 g/mol. The molecule has 2 amide bonds. The van der Waals surface area contributed by atoms with Crippen LogP contribution in [0.1, 0.15) is 24.1 Å². The van der Waals surface area contributed by atoms with Crippen LogP contribution < -0.4 is 10.6 Å². The predicted octanol–water partition coefficient (Wildman–Crippen LogP) is 1.84. The van der Waals surface area contributed by atoms with E-state index in [1.165, 1.54) is 4.88 Å². The molecule has 0 radical (unpaired) electrons. The van der Waals surface area contributed by atoms with Gasteiger partial charge in [0, 0.05) is 17.5 Å². The van der Waals surface area contributed by atoms with Crippen molar-refractivity contribution in [2.24, 2.45) is 5.92 Å². The van der Waals surface area contributed by atoms with Gasteiger partial charge in [-0.2, -0.15) is 0 Å². The summed E-state index contributed by atoms with van der Waals surface area (Å²) >= 11 is 1.67. The fraction of sp³-hybridized carbons (Fsp3) is 0.538. The van der Waals surface area contributed by atoms with E-state index in [2.05, 4.69) is 10.6 Å². The minimum absolute atomic E-state index is 0.0113. The Morgan fingerprint density at radius 3 is 2.89 bits per heavy atom. The fourth-order valence-corrected chi connectivity index (χ4v) is 3.04. The summed E-state index contributed by atoms with van der Waals surface area (Å²) in [4.78, 5) is 23.7. The Labute approximate surface area is 116 Å². The standard InChI is InChI=1S/C13H18N2O3S/c16-12(17)9-3-4-10(8-9)15-13(18)14-6-5-11-2-1-7-19-11/h1-2,7,9-10H,3-6,8H2,(H,16,17)(H2,14,15,18). The van der Waals surface area contributed by atoms with Crippen LogP contribution in [0.25, 0.3) is 0 Å². The molecule has 0 saturated heterocycles. The van der Waals surface area contributed by atoms with E-state index in [1.807, 2.05) is 17.5 Å². The van der Waals surface area contributed by atoms with E-state index < -0.39 is 5.97 Å². The molecule has 0 bridgehead atoms. The third-order valence-corrected chi connectivity index (χ3v) is 4.29. The van der Waals surface area contributed by atoms with E-state index in [0.29, 0.717) is 19.4 Å². The summed E-state index contributed by atoms with van der Waals surface area (Å²) in [7, 11) is 0. The zero-order chi connectivity index (χ0) is 13.7. The van der Waals surface area contributed by atoms with E-state index in [9.17, 15) is 9.59 Å². The van der Waals surface area contributed by atoms with Crippen LogP contribution in [0, 0.1) is 5.92 Å². The average molecular weight is 282 g/mol. The molecule has 1 heterocycles. The SMILES string of the molecule is O=C(NCCc1cccs1)NC1CCC(C(=O)O)C1. The van der Waals surface area contributed by atoms with Crippen molar-refractivity contribution >= 4 is 23.3 Å². The summed E-state index contributed by atoms with van der Waals surface area (Å²) in [5.74, 6) is -1.07. The highest BCUT2D eigenvalue weighted by molar-refractivity contribution is 7.09. The van der Waals surface area contributed by atoms with Gasteiger partial charge >= 0.3 is 12.0 Å². The molecule has 1 saturated carbocycles. The minimum Gasteiger partial charge on any atom is -0.481 e. The van der Waals surface area contributed by atoms with Crippen molar-refractivity contribution in [2.45, 2.75) is 31.7 Å². The van der Waals surface area contributed by atoms with Crippen LogP contribution in [0.2, 0.25) is 0 Å². The second-order valence-electron chi connectivity index (χ2n) is 4.77. The fourth-order valence-electron chi connectivity index (χ4n) is 2.33. The first-order valence-electron chi connectivity index (χ1n) is 6.44. The van der Waals surface area contributed by atoms with E-state index >= 15 is 0 Å². The van der Waals surface area contributed by atoms with Gasteiger partial charge in [0.05, 0.1) is 5.92 Å². The van der Waals surface area contributed by atoms with Gasteiger partial charge in [-0.05, 0) is 37.1 Å². The zero-order valence-corrected chi connectivity index (χ0v) is 11.4. The number of hydrogen-bond acceptors (Lipinski definition) is 3. The van der Waals surface area contributed by atoms with Crippen molar-refractivity contribution in [1.82, 2.24) is 10.6 Å². The molecule has 2 atom stereocenters. The Morgan fingerprint density at radius 1 is 1.42 bits per heavy atom. The molecule has 3 N–H and O–H groups in total. The van der Waals surface area contributed by atoms with Crippen molar-refractivity contribution in [3.8, 4) is 0 Å². The van der Waals surface area contributed by atoms with Gasteiger partial charge < -0.3 is 15.7 Å². The molecule has 0 aliphatic heterocycles. The van der Waals surface area contributed by atoms with Gasteiger partial charge in [-0.15, -0.1) is 11.3 Å². The van der Waals surface area contributed by atoms with Crippen molar-refractivity contribution in [2.75, 3.05) is 6.54 Å². The number of aliphatic carboxylic acids is 1. The van der Waals surface area contributed by atoms with Crippen LogP contribution in [-0.4, -0.2) is 29.7 Å². The van der Waals surface area contributed by atoms with Crippen molar-refractivity contribution in [3.63, 3.8) is 0 Å². The molecule has 19 heavy (non-hydrogen) atoms. The lowest BCUT2D eigenvalue weighted by molar-refractivity contribution is -0.141. The first-order valence-corrected chi connectivity index (χ1v) is 7.32. The Hall–Kier alpha value is -1.56. The quantitative estimate of drug-likeness (QED) is 0.771. The van der Waals surface area contributed by atoms with E-state index in [4.69, 9.17) is 5.11 Å². The Bertz CT molecular complexity index is 433. The minimum atomic E-state index is -0.762. The number of carboxylic acids is 1. The molecule has 5 nitrogen and oxygen atoms in total. The van der Waals surface area contributed by atoms with Crippen LogP contribution in [0.4, 0.5) is 4.79 Å². The molecule has 2 unspecified atom stereocenters. The molecule has 2 rings (SSSR count).